The Hall–Kier alpha value is -0.900. The fourth-order valence-corrected chi connectivity index (χ4v) is 8.04. The number of thioether (sulfide) groups is 1. The Labute approximate surface area is 141 Å². The maximum atomic E-state index is 12.4. The van der Waals surface area contributed by atoms with Crippen LogP contribution in [0, 0.1) is 0 Å². The molecule has 0 aromatic carbocycles. The number of aromatic nitrogens is 2. The lowest BCUT2D eigenvalue weighted by Gasteiger charge is -2.11. The molecule has 0 saturated carbocycles. The second-order valence-corrected chi connectivity index (χ2v) is 10.5. The van der Waals surface area contributed by atoms with Crippen molar-refractivity contribution < 1.29 is 13.5 Å². The molecule has 0 spiro atoms. The van der Waals surface area contributed by atoms with Crippen molar-refractivity contribution in [3.05, 3.63) is 20.8 Å². The minimum absolute atomic E-state index is 0.0818. The second kappa shape index (κ2) is 5.58. The van der Waals surface area contributed by atoms with Crippen molar-refractivity contribution in [2.75, 3.05) is 11.5 Å². The first-order valence-electron chi connectivity index (χ1n) is 7.53. The molecule has 1 fully saturated rings. The molecule has 124 valence electrons. The van der Waals surface area contributed by atoms with Crippen molar-refractivity contribution in [1.82, 2.24) is 9.97 Å². The average Bonchev–Trinajstić information content (AvgIpc) is 2.95. The highest BCUT2D eigenvalue weighted by Crippen LogP contribution is 2.35. The first-order valence-corrected chi connectivity index (χ1v) is 11.0. The molecular weight excluding hydrogens is 356 g/mol. The number of nitrogens with zero attached hydrogens (tertiary/aromatic N) is 1. The van der Waals surface area contributed by atoms with Gasteiger partial charge in [-0.15, -0.1) is 11.3 Å². The van der Waals surface area contributed by atoms with E-state index < -0.39 is 21.2 Å². The molecule has 0 bridgehead atoms. The van der Waals surface area contributed by atoms with Gasteiger partial charge in [-0.05, 0) is 31.2 Å². The van der Waals surface area contributed by atoms with Crippen LogP contribution >= 0.6 is 23.1 Å². The van der Waals surface area contributed by atoms with E-state index in [1.165, 1.54) is 4.88 Å². The Morgan fingerprint density at radius 3 is 2.78 bits per heavy atom. The number of sulfone groups is 1. The molecule has 9 heteroatoms. The predicted molar refractivity (Wildman–Crippen MR) is 91.2 cm³/mol. The molecule has 2 N–H and O–H groups in total. The van der Waals surface area contributed by atoms with Crippen LogP contribution in [0.2, 0.25) is 0 Å². The van der Waals surface area contributed by atoms with E-state index in [4.69, 9.17) is 0 Å². The molecule has 2 aromatic rings. The van der Waals surface area contributed by atoms with Gasteiger partial charge in [-0.2, -0.15) is 0 Å². The summed E-state index contributed by atoms with van der Waals surface area (Å²) in [6.07, 6.45) is 3.25. The van der Waals surface area contributed by atoms with Crippen molar-refractivity contribution in [3.63, 3.8) is 0 Å². The van der Waals surface area contributed by atoms with Crippen LogP contribution in [0.25, 0.3) is 10.2 Å². The number of hydrogen-bond acceptors (Lipinski definition) is 7. The Kier molecular flexibility index (Phi) is 3.79. The van der Waals surface area contributed by atoms with Gasteiger partial charge in [0.1, 0.15) is 4.83 Å². The van der Waals surface area contributed by atoms with E-state index in [1.54, 1.807) is 11.3 Å². The lowest BCUT2D eigenvalue weighted by Crippen LogP contribution is -2.21. The van der Waals surface area contributed by atoms with E-state index in [0.29, 0.717) is 10.5 Å². The number of aliphatic hydroxyl groups excluding tert-OH is 1. The van der Waals surface area contributed by atoms with Crippen molar-refractivity contribution in [2.45, 2.75) is 42.2 Å². The van der Waals surface area contributed by atoms with Gasteiger partial charge in [0, 0.05) is 4.88 Å². The van der Waals surface area contributed by atoms with Gasteiger partial charge in [0.2, 0.25) is 0 Å². The van der Waals surface area contributed by atoms with Gasteiger partial charge in [0.25, 0.3) is 5.56 Å². The topological polar surface area (TPSA) is 100 Å². The lowest BCUT2D eigenvalue weighted by atomic mass is 9.97. The first kappa shape index (κ1) is 15.6. The predicted octanol–water partition coefficient (Wildman–Crippen LogP) is 1.11. The Balaban J connectivity index is 1.71. The Morgan fingerprint density at radius 2 is 2.04 bits per heavy atom. The molecule has 4 rings (SSSR count). The summed E-state index contributed by atoms with van der Waals surface area (Å²) in [5.41, 5.74) is 0.970. The summed E-state index contributed by atoms with van der Waals surface area (Å²) in [5.74, 6) is -0.300. The van der Waals surface area contributed by atoms with Gasteiger partial charge >= 0.3 is 0 Å². The van der Waals surface area contributed by atoms with Gasteiger partial charge < -0.3 is 10.1 Å². The van der Waals surface area contributed by atoms with E-state index in [0.717, 1.165) is 47.8 Å². The molecule has 1 saturated heterocycles. The van der Waals surface area contributed by atoms with E-state index in [2.05, 4.69) is 9.97 Å². The van der Waals surface area contributed by atoms with Gasteiger partial charge in [-0.3, -0.25) is 4.79 Å². The molecule has 2 aromatic heterocycles. The minimum atomic E-state index is -3.21. The van der Waals surface area contributed by atoms with Gasteiger partial charge in [0.15, 0.2) is 15.0 Å². The highest BCUT2D eigenvalue weighted by atomic mass is 32.2. The zero-order chi connectivity index (χ0) is 16.2. The maximum absolute atomic E-state index is 12.4. The highest BCUT2D eigenvalue weighted by Gasteiger charge is 2.37. The van der Waals surface area contributed by atoms with Gasteiger partial charge in [0.05, 0.1) is 28.2 Å². The van der Waals surface area contributed by atoms with Crippen LogP contribution in [0.4, 0.5) is 0 Å². The van der Waals surface area contributed by atoms with Crippen LogP contribution in [-0.4, -0.2) is 46.4 Å². The van der Waals surface area contributed by atoms with Crippen molar-refractivity contribution in [2.24, 2.45) is 0 Å². The van der Waals surface area contributed by atoms with Crippen LogP contribution in [-0.2, 0) is 22.7 Å². The quantitative estimate of drug-likeness (QED) is 0.766. The number of nitrogens with one attached hydrogen (secondary N) is 1. The second-order valence-electron chi connectivity index (χ2n) is 6.06. The van der Waals surface area contributed by atoms with Crippen LogP contribution in [0.3, 0.4) is 0 Å². The number of rotatable bonds is 2. The third-order valence-corrected chi connectivity index (χ3v) is 8.65. The summed E-state index contributed by atoms with van der Waals surface area (Å²) < 4.78 is 23.2. The number of H-pyrrole nitrogens is 1. The van der Waals surface area contributed by atoms with Crippen LogP contribution in [0.15, 0.2) is 9.95 Å². The summed E-state index contributed by atoms with van der Waals surface area (Å²) in [7, 11) is -3.21. The highest BCUT2D eigenvalue weighted by molar-refractivity contribution is 8.01. The molecular formula is C14H16N2O4S3. The number of aryl methyl sites for hydroxylation is 2. The summed E-state index contributed by atoms with van der Waals surface area (Å²) >= 11 is 2.71. The fraction of sp³-hybridized carbons (Fsp3) is 0.571. The molecule has 3 heterocycles. The lowest BCUT2D eigenvalue weighted by molar-refractivity contribution is 0.207. The third-order valence-electron chi connectivity index (χ3n) is 4.34. The zero-order valence-corrected chi connectivity index (χ0v) is 14.7. The standard InChI is InChI=1S/C14H16N2O4S3/c17-8-5-23(19,20)6-10(8)22-14-15-12(18)11-7-3-1-2-4-9(7)21-13(11)16-14/h8,10,17H,1-6H2,(H,15,16,18)/t8-,10-/m1/s1. The smallest absolute Gasteiger partial charge is 0.260 e. The number of fused-ring (bicyclic) bond motifs is 3. The van der Waals surface area contributed by atoms with Crippen LogP contribution in [0.1, 0.15) is 23.3 Å². The normalized spacial score (nSPS) is 26.5. The van der Waals surface area contributed by atoms with E-state index >= 15 is 0 Å². The first-order chi connectivity index (χ1) is 10.9. The van der Waals surface area contributed by atoms with Crippen molar-refractivity contribution in [3.8, 4) is 0 Å². The molecule has 2 aliphatic rings. The summed E-state index contributed by atoms with van der Waals surface area (Å²) in [4.78, 5) is 21.7. The maximum Gasteiger partial charge on any atom is 0.260 e. The third kappa shape index (κ3) is 2.84. The number of aliphatic hydroxyl groups is 1. The van der Waals surface area contributed by atoms with E-state index in [1.807, 2.05) is 0 Å². The van der Waals surface area contributed by atoms with Gasteiger partial charge in [-0.1, -0.05) is 11.8 Å². The molecule has 0 unspecified atom stereocenters. The Morgan fingerprint density at radius 1 is 1.26 bits per heavy atom. The van der Waals surface area contributed by atoms with E-state index in [-0.39, 0.29) is 17.1 Å². The minimum Gasteiger partial charge on any atom is -0.391 e. The average molecular weight is 372 g/mol. The van der Waals surface area contributed by atoms with Crippen molar-refractivity contribution >= 4 is 43.2 Å². The number of hydrogen-bond donors (Lipinski definition) is 2. The van der Waals surface area contributed by atoms with E-state index in [9.17, 15) is 18.3 Å². The van der Waals surface area contributed by atoms with Gasteiger partial charge in [-0.25, -0.2) is 13.4 Å². The largest absolute Gasteiger partial charge is 0.391 e. The number of aromatic amines is 1. The SMILES string of the molecule is O=c1[nH]c(S[C@@H]2CS(=O)(=O)C[C@H]2O)nc2sc3c(c12)CCCC3. The summed E-state index contributed by atoms with van der Waals surface area (Å²) in [6, 6.07) is 0. The summed E-state index contributed by atoms with van der Waals surface area (Å²) in [5, 5.41) is 10.5. The molecule has 1 aliphatic carbocycles. The molecule has 1 aliphatic heterocycles. The van der Waals surface area contributed by atoms with Crippen LogP contribution in [0.5, 0.6) is 0 Å². The molecule has 0 amide bonds. The molecule has 2 atom stereocenters. The zero-order valence-electron chi connectivity index (χ0n) is 12.2. The van der Waals surface area contributed by atoms with Crippen LogP contribution < -0.4 is 5.56 Å². The Bertz CT molecular complexity index is 931. The van der Waals surface area contributed by atoms with Crippen molar-refractivity contribution in [1.29, 1.82) is 0 Å². The molecule has 0 radical (unpaired) electrons. The number of thiophene rings is 1. The summed E-state index contributed by atoms with van der Waals surface area (Å²) in [6.45, 7) is 0. The molecule has 23 heavy (non-hydrogen) atoms. The monoisotopic (exact) mass is 372 g/mol. The fourth-order valence-electron chi connectivity index (χ4n) is 3.25. The molecule has 6 nitrogen and oxygen atoms in total.